The van der Waals surface area contributed by atoms with Crippen LogP contribution in [-0.2, 0) is 4.74 Å². The van der Waals surface area contributed by atoms with E-state index in [1.54, 1.807) is 11.1 Å². The highest BCUT2D eigenvalue weighted by Gasteiger charge is 2.12. The van der Waals surface area contributed by atoms with Gasteiger partial charge in [0, 0.05) is 20.3 Å². The highest BCUT2D eigenvalue weighted by molar-refractivity contribution is 5.87. The number of methoxy groups -OCH3 is 1. The van der Waals surface area contributed by atoms with E-state index in [9.17, 15) is 4.79 Å². The topological polar surface area (TPSA) is 51.7 Å². The summed E-state index contributed by atoms with van der Waals surface area (Å²) in [6.07, 6.45) is 4.49. The number of carbonyl (C=O) groups is 1. The normalized spacial score (nSPS) is 10.8. The van der Waals surface area contributed by atoms with Crippen LogP contribution in [0.15, 0.2) is 18.7 Å². The van der Waals surface area contributed by atoms with Gasteiger partial charge < -0.3 is 14.5 Å². The van der Waals surface area contributed by atoms with E-state index >= 15 is 0 Å². The molecule has 0 unspecified atom stereocenters. The summed E-state index contributed by atoms with van der Waals surface area (Å²) in [6, 6.07) is 0. The molecule has 6 nitrogen and oxygen atoms in total. The molecular formula is C10H12N4O2. The Morgan fingerprint density at radius 3 is 2.88 bits per heavy atom. The maximum Gasteiger partial charge on any atom is 0.360 e. The van der Waals surface area contributed by atoms with Crippen LogP contribution in [0.5, 0.6) is 0 Å². The van der Waals surface area contributed by atoms with E-state index in [1.165, 1.54) is 24.2 Å². The maximum absolute atomic E-state index is 11.2. The van der Waals surface area contributed by atoms with E-state index in [0.717, 1.165) is 0 Å². The average molecular weight is 220 g/mol. The highest BCUT2D eigenvalue weighted by atomic mass is 16.5. The molecule has 16 heavy (non-hydrogen) atoms. The van der Waals surface area contributed by atoms with Crippen molar-refractivity contribution in [1.82, 2.24) is 14.5 Å². The van der Waals surface area contributed by atoms with Crippen LogP contribution >= 0.6 is 0 Å². The van der Waals surface area contributed by atoms with Crippen LogP contribution < -0.4 is 0 Å². The molecule has 0 N–H and O–H groups in total. The van der Waals surface area contributed by atoms with Crippen molar-refractivity contribution in [2.45, 2.75) is 0 Å². The lowest BCUT2D eigenvalue weighted by Gasteiger charge is -2.06. The Labute approximate surface area is 93.6 Å². The minimum absolute atomic E-state index is 0.177. The molecule has 1 rings (SSSR count). The predicted octanol–water partition coefficient (Wildman–Crippen LogP) is 0.906. The van der Waals surface area contributed by atoms with Crippen LogP contribution in [0.4, 0.5) is 0 Å². The summed E-state index contributed by atoms with van der Waals surface area (Å²) in [5.41, 5.74) is 0.177. The number of carbonyl (C=O) groups excluding carboxylic acids is 1. The van der Waals surface area contributed by atoms with Crippen molar-refractivity contribution in [3.05, 3.63) is 35.8 Å². The zero-order chi connectivity index (χ0) is 12.1. The van der Waals surface area contributed by atoms with Crippen LogP contribution in [-0.4, -0.2) is 41.6 Å². The van der Waals surface area contributed by atoms with Crippen LogP contribution in [0.25, 0.3) is 10.7 Å². The average Bonchev–Trinajstić information content (AvgIpc) is 2.73. The Bertz CT molecular complexity index is 454. The third-order valence-electron chi connectivity index (χ3n) is 1.73. The first-order chi connectivity index (χ1) is 7.58. The van der Waals surface area contributed by atoms with Crippen molar-refractivity contribution < 1.29 is 9.53 Å². The second-order valence-corrected chi connectivity index (χ2v) is 3.22. The lowest BCUT2D eigenvalue weighted by Crippen LogP contribution is -2.04. The SMILES string of the molecule is [C-]#[N+]/C(=C\N(C)C)n1cnc(C(=O)OC)c1. The number of imidazole rings is 1. The molecule has 0 saturated heterocycles. The van der Waals surface area contributed by atoms with Gasteiger partial charge in [-0.3, -0.25) is 4.57 Å². The molecule has 1 heterocycles. The second-order valence-electron chi connectivity index (χ2n) is 3.22. The van der Waals surface area contributed by atoms with E-state index in [0.29, 0.717) is 5.82 Å². The molecule has 0 bridgehead atoms. The number of rotatable bonds is 3. The maximum atomic E-state index is 11.2. The Morgan fingerprint density at radius 2 is 2.38 bits per heavy atom. The largest absolute Gasteiger partial charge is 0.464 e. The van der Waals surface area contributed by atoms with Crippen molar-refractivity contribution in [3.8, 4) is 0 Å². The van der Waals surface area contributed by atoms with Crippen LogP contribution in [0.1, 0.15) is 10.5 Å². The van der Waals surface area contributed by atoms with Gasteiger partial charge in [0.05, 0.1) is 7.11 Å². The molecule has 1 aromatic heterocycles. The fourth-order valence-corrected chi connectivity index (χ4v) is 1.04. The molecule has 6 heteroatoms. The molecular weight excluding hydrogens is 208 g/mol. The first-order valence-corrected chi connectivity index (χ1v) is 4.47. The molecule has 0 spiro atoms. The van der Waals surface area contributed by atoms with E-state index < -0.39 is 5.97 Å². The Balaban J connectivity index is 3.02. The standard InChI is InChI=1S/C10H12N4O2/c1-11-9(6-13(2)3)14-5-8(12-7-14)10(15)16-4/h5-7H,2-4H3/b9-6+. The summed E-state index contributed by atoms with van der Waals surface area (Å²) in [5, 5.41) is 0. The zero-order valence-corrected chi connectivity index (χ0v) is 9.34. The number of esters is 1. The molecule has 1 aromatic rings. The minimum atomic E-state index is -0.520. The molecule has 0 aromatic carbocycles. The van der Waals surface area contributed by atoms with Gasteiger partial charge in [0.2, 0.25) is 0 Å². The van der Waals surface area contributed by atoms with E-state index in [2.05, 4.69) is 14.6 Å². The van der Waals surface area contributed by atoms with Gasteiger partial charge in [-0.05, 0) is 0 Å². The Hall–Kier alpha value is -2.29. The number of ether oxygens (including phenoxy) is 1. The first kappa shape index (κ1) is 11.8. The Kier molecular flexibility index (Phi) is 3.67. The van der Waals surface area contributed by atoms with Crippen LogP contribution in [0, 0.1) is 6.57 Å². The molecule has 0 radical (unpaired) electrons. The number of hydrogen-bond acceptors (Lipinski definition) is 4. The van der Waals surface area contributed by atoms with E-state index in [-0.39, 0.29) is 5.69 Å². The summed E-state index contributed by atoms with van der Waals surface area (Å²) in [5.74, 6) is -0.166. The molecule has 0 aliphatic rings. The minimum Gasteiger partial charge on any atom is -0.464 e. The van der Waals surface area contributed by atoms with Crippen molar-refractivity contribution in [3.63, 3.8) is 0 Å². The predicted molar refractivity (Wildman–Crippen MR) is 58.1 cm³/mol. The van der Waals surface area contributed by atoms with Crippen molar-refractivity contribution in [2.75, 3.05) is 21.2 Å². The fraction of sp³-hybridized carbons (Fsp3) is 0.300. The van der Waals surface area contributed by atoms with Gasteiger partial charge in [0.1, 0.15) is 6.20 Å². The van der Waals surface area contributed by atoms with Crippen molar-refractivity contribution >= 4 is 11.8 Å². The third kappa shape index (κ3) is 2.60. The summed E-state index contributed by atoms with van der Waals surface area (Å²) in [6.45, 7) is 7.02. The van der Waals surface area contributed by atoms with E-state index in [1.807, 2.05) is 14.1 Å². The monoisotopic (exact) mass is 220 g/mol. The zero-order valence-electron chi connectivity index (χ0n) is 9.34. The first-order valence-electron chi connectivity index (χ1n) is 4.47. The second kappa shape index (κ2) is 4.98. The van der Waals surface area contributed by atoms with Gasteiger partial charge in [-0.1, -0.05) is 6.57 Å². The molecule has 0 saturated carbocycles. The lowest BCUT2D eigenvalue weighted by atomic mass is 10.5. The van der Waals surface area contributed by atoms with Gasteiger partial charge in [-0.25, -0.2) is 9.78 Å². The third-order valence-corrected chi connectivity index (χ3v) is 1.73. The van der Waals surface area contributed by atoms with Crippen LogP contribution in [0.2, 0.25) is 0 Å². The fourth-order valence-electron chi connectivity index (χ4n) is 1.04. The molecule has 0 aliphatic heterocycles. The van der Waals surface area contributed by atoms with Gasteiger partial charge >= 0.3 is 5.97 Å². The van der Waals surface area contributed by atoms with Crippen LogP contribution in [0.3, 0.4) is 0 Å². The van der Waals surface area contributed by atoms with Gasteiger partial charge in [-0.15, -0.1) is 0 Å². The summed E-state index contributed by atoms with van der Waals surface area (Å²) >= 11 is 0. The number of nitrogens with zero attached hydrogens (tertiary/aromatic N) is 4. The number of aromatic nitrogens is 2. The lowest BCUT2D eigenvalue weighted by molar-refractivity contribution is 0.0594. The quantitative estimate of drug-likeness (QED) is 0.561. The molecule has 84 valence electrons. The van der Waals surface area contributed by atoms with E-state index in [4.69, 9.17) is 6.57 Å². The van der Waals surface area contributed by atoms with Gasteiger partial charge in [0.25, 0.3) is 5.82 Å². The summed E-state index contributed by atoms with van der Waals surface area (Å²) in [7, 11) is 4.90. The smallest absolute Gasteiger partial charge is 0.360 e. The van der Waals surface area contributed by atoms with Gasteiger partial charge in [-0.2, -0.15) is 0 Å². The Morgan fingerprint density at radius 1 is 1.69 bits per heavy atom. The highest BCUT2D eigenvalue weighted by Crippen LogP contribution is 2.08. The summed E-state index contributed by atoms with van der Waals surface area (Å²) in [4.78, 5) is 20.1. The van der Waals surface area contributed by atoms with Crippen molar-refractivity contribution in [2.24, 2.45) is 0 Å². The summed E-state index contributed by atoms with van der Waals surface area (Å²) < 4.78 is 5.99. The number of hydrogen-bond donors (Lipinski definition) is 0. The molecule has 0 atom stereocenters. The molecule has 0 aliphatic carbocycles. The van der Waals surface area contributed by atoms with Crippen molar-refractivity contribution in [1.29, 1.82) is 0 Å². The van der Waals surface area contributed by atoms with Gasteiger partial charge in [0.15, 0.2) is 12.0 Å². The molecule has 0 amide bonds. The molecule has 0 fully saturated rings.